The Labute approximate surface area is 383 Å². The van der Waals surface area contributed by atoms with E-state index >= 15 is 0 Å². The molecule has 0 amide bonds. The van der Waals surface area contributed by atoms with Crippen molar-refractivity contribution in [1.29, 1.82) is 5.26 Å². The fraction of sp³-hybridized carbons (Fsp3) is 0.0161. The van der Waals surface area contributed by atoms with Crippen molar-refractivity contribution < 1.29 is 0 Å². The van der Waals surface area contributed by atoms with Crippen LogP contribution in [0.3, 0.4) is 0 Å². The van der Waals surface area contributed by atoms with E-state index in [-0.39, 0.29) is 0 Å². The minimum absolute atomic E-state index is 0.420. The van der Waals surface area contributed by atoms with Crippen LogP contribution in [0, 0.1) is 11.3 Å². The highest BCUT2D eigenvalue weighted by Gasteiger charge is 2.13. The van der Waals surface area contributed by atoms with E-state index in [2.05, 4.69) is 188 Å². The van der Waals surface area contributed by atoms with E-state index in [0.717, 1.165) is 72.0 Å². The van der Waals surface area contributed by atoms with Gasteiger partial charge in [0.05, 0.1) is 18.2 Å². The van der Waals surface area contributed by atoms with Gasteiger partial charge in [-0.25, -0.2) is 4.99 Å². The first kappa shape index (κ1) is 39.9. The van der Waals surface area contributed by atoms with Crippen molar-refractivity contribution in [2.45, 2.75) is 6.54 Å². The second-order valence-corrected chi connectivity index (χ2v) is 16.6. The molecule has 0 aliphatic carbocycles. The molecule has 0 fully saturated rings. The van der Waals surface area contributed by atoms with Gasteiger partial charge < -0.3 is 5.73 Å². The quantitative estimate of drug-likeness (QED) is 0.0940. The van der Waals surface area contributed by atoms with Gasteiger partial charge in [0.25, 0.3) is 0 Å². The summed E-state index contributed by atoms with van der Waals surface area (Å²) in [5, 5.41) is 19.9. The Morgan fingerprint density at radius 1 is 0.409 bits per heavy atom. The average Bonchev–Trinajstić information content (AvgIpc) is 3.39. The van der Waals surface area contributed by atoms with Crippen LogP contribution in [-0.2, 0) is 6.54 Å². The molecule has 4 heteroatoms. The molecule has 310 valence electrons. The van der Waals surface area contributed by atoms with Crippen LogP contribution in [0.2, 0.25) is 0 Å². The second kappa shape index (κ2) is 17.3. The molecule has 0 heterocycles. The molecule has 11 aromatic carbocycles. The highest BCUT2D eigenvalue weighted by Crippen LogP contribution is 2.35. The molecule has 0 radical (unpaired) electrons. The fourth-order valence-electron chi connectivity index (χ4n) is 9.20. The van der Waals surface area contributed by atoms with Gasteiger partial charge in [-0.15, -0.1) is 0 Å². The third kappa shape index (κ3) is 7.76. The molecule has 0 unspecified atom stereocenters. The summed E-state index contributed by atoms with van der Waals surface area (Å²) >= 11 is 0. The number of nitrogens with two attached hydrogens (primary N) is 1. The van der Waals surface area contributed by atoms with Crippen molar-refractivity contribution in [2.24, 2.45) is 15.7 Å². The molecule has 0 aliphatic rings. The largest absolute Gasteiger partial charge is 0.383 e. The third-order valence-corrected chi connectivity index (χ3v) is 12.6. The summed E-state index contributed by atoms with van der Waals surface area (Å²) in [5.41, 5.74) is 18.7. The normalized spacial score (nSPS) is 11.9. The molecule has 2 N–H and O–H groups in total. The minimum Gasteiger partial charge on any atom is -0.383 e. The van der Waals surface area contributed by atoms with Crippen LogP contribution in [0.15, 0.2) is 241 Å². The highest BCUT2D eigenvalue weighted by molar-refractivity contribution is 6.19. The number of nitrogens with zero attached hydrogens (tertiary/aromatic N) is 3. The molecule has 11 rings (SSSR count). The van der Waals surface area contributed by atoms with Crippen LogP contribution in [-0.4, -0.2) is 11.7 Å². The van der Waals surface area contributed by atoms with Gasteiger partial charge in [-0.3, -0.25) is 4.99 Å². The van der Waals surface area contributed by atoms with Gasteiger partial charge >= 0.3 is 0 Å². The summed E-state index contributed by atoms with van der Waals surface area (Å²) in [4.78, 5) is 10.0. The number of benzene rings is 11. The summed E-state index contributed by atoms with van der Waals surface area (Å²) in [6.07, 6.45) is 0. The van der Waals surface area contributed by atoms with Crippen LogP contribution in [0.5, 0.6) is 0 Å². The molecule has 0 atom stereocenters. The molecule has 0 spiro atoms. The molecular formula is C62H42N4. The molecule has 0 aromatic heterocycles. The zero-order chi connectivity index (χ0) is 44.4. The monoisotopic (exact) mass is 842 g/mol. The van der Waals surface area contributed by atoms with Gasteiger partial charge in [-0.1, -0.05) is 206 Å². The lowest BCUT2D eigenvalue weighted by molar-refractivity contribution is 1.06. The van der Waals surface area contributed by atoms with Crippen molar-refractivity contribution in [3.63, 3.8) is 0 Å². The second-order valence-electron chi connectivity index (χ2n) is 16.6. The Morgan fingerprint density at radius 2 is 0.955 bits per heavy atom. The highest BCUT2D eigenvalue weighted by atomic mass is 15.0. The third-order valence-electron chi connectivity index (χ3n) is 12.6. The topological polar surface area (TPSA) is 74.5 Å². The number of hydrogen-bond donors (Lipinski definition) is 1. The van der Waals surface area contributed by atoms with Crippen molar-refractivity contribution in [2.75, 3.05) is 0 Å². The molecule has 66 heavy (non-hydrogen) atoms. The lowest BCUT2D eigenvalue weighted by atomic mass is 9.92. The van der Waals surface area contributed by atoms with E-state index in [0.29, 0.717) is 23.8 Å². The van der Waals surface area contributed by atoms with Crippen LogP contribution in [0.25, 0.3) is 87.6 Å². The maximum Gasteiger partial charge on any atom is 0.157 e. The lowest BCUT2D eigenvalue weighted by Crippen LogP contribution is -2.17. The number of fused-ring (bicyclic) bond motifs is 6. The smallest absolute Gasteiger partial charge is 0.157 e. The van der Waals surface area contributed by atoms with Gasteiger partial charge in [0.15, 0.2) is 5.84 Å². The van der Waals surface area contributed by atoms with Crippen molar-refractivity contribution in [1.82, 2.24) is 0 Å². The predicted molar refractivity (Wildman–Crippen MR) is 277 cm³/mol. The van der Waals surface area contributed by atoms with E-state index in [9.17, 15) is 5.26 Å². The molecule has 11 aromatic rings. The zero-order valence-corrected chi connectivity index (χ0v) is 36.1. The van der Waals surface area contributed by atoms with Gasteiger partial charge in [0.1, 0.15) is 5.84 Å². The zero-order valence-electron chi connectivity index (χ0n) is 36.1. The number of nitriles is 1. The summed E-state index contributed by atoms with van der Waals surface area (Å²) in [6, 6.07) is 82.6. The van der Waals surface area contributed by atoms with E-state index in [1.54, 1.807) is 0 Å². The van der Waals surface area contributed by atoms with Gasteiger partial charge in [-0.2, -0.15) is 5.26 Å². The van der Waals surface area contributed by atoms with Crippen LogP contribution in [0.1, 0.15) is 22.3 Å². The van der Waals surface area contributed by atoms with E-state index in [4.69, 9.17) is 15.7 Å². The van der Waals surface area contributed by atoms with E-state index < -0.39 is 0 Å². The first-order valence-electron chi connectivity index (χ1n) is 22.2. The maximum atomic E-state index is 10.4. The van der Waals surface area contributed by atoms with Crippen molar-refractivity contribution in [3.05, 3.63) is 253 Å². The molecular weight excluding hydrogens is 801 g/mol. The summed E-state index contributed by atoms with van der Waals surface area (Å²) in [7, 11) is 0. The average molecular weight is 843 g/mol. The van der Waals surface area contributed by atoms with Crippen LogP contribution in [0.4, 0.5) is 0 Å². The van der Waals surface area contributed by atoms with Gasteiger partial charge in [0, 0.05) is 11.1 Å². The summed E-state index contributed by atoms with van der Waals surface area (Å²) < 4.78 is 0. The van der Waals surface area contributed by atoms with Crippen molar-refractivity contribution >= 4 is 54.8 Å². The molecule has 0 aliphatic heterocycles. The Hall–Kier alpha value is -8.91. The molecule has 4 nitrogen and oxygen atoms in total. The Bertz CT molecular complexity index is 3750. The van der Waals surface area contributed by atoms with Gasteiger partial charge in [0.2, 0.25) is 0 Å². The van der Waals surface area contributed by atoms with Crippen molar-refractivity contribution in [3.8, 4) is 50.6 Å². The number of aliphatic imine (C=N–C) groups is 2. The minimum atomic E-state index is 0.420. The van der Waals surface area contributed by atoms with E-state index in [1.165, 1.54) is 32.3 Å². The fourth-order valence-corrected chi connectivity index (χ4v) is 9.20. The number of rotatable bonds is 8. The predicted octanol–water partition coefficient (Wildman–Crippen LogP) is 15.2. The van der Waals surface area contributed by atoms with E-state index in [1.807, 2.05) is 48.5 Å². The molecule has 0 saturated carbocycles. The molecule has 0 saturated heterocycles. The standard InChI is InChI=1S/C62H42N4/c63-39-53-37-50(32-33-54(53)52-18-9-17-49(36-52)51-30-29-46-28-27-44-12-5-7-20-56(44)60(46)38-51)43-25-23-42(24-26-43)48-16-8-11-41(35-48)40-65-62(47-14-2-1-3-15-47)66-61(64)59-22-10-21-57-55-19-6-4-13-45(55)31-34-58(57)59/h1-38H,40H2,(H2,64,65,66). The summed E-state index contributed by atoms with van der Waals surface area (Å²) in [6.45, 7) is 0.429. The number of amidine groups is 2. The Kier molecular flexibility index (Phi) is 10.5. The first-order chi connectivity index (χ1) is 32.6. The number of hydrogen-bond acceptors (Lipinski definition) is 2. The van der Waals surface area contributed by atoms with Gasteiger partial charge in [-0.05, 0) is 117 Å². The Balaban J connectivity index is 0.841. The SMILES string of the molecule is N#Cc1cc(-c2ccc(-c3cccc(CN=C(N=C(N)c4cccc5c4ccc4ccccc45)c4ccccc4)c3)cc2)ccc1-c1cccc(-c2ccc3ccc4ccccc4c3c2)c1. The summed E-state index contributed by atoms with van der Waals surface area (Å²) in [5.74, 6) is 0.999. The van der Waals surface area contributed by atoms with Crippen LogP contribution >= 0.6 is 0 Å². The van der Waals surface area contributed by atoms with Crippen LogP contribution < -0.4 is 5.73 Å². The lowest BCUT2D eigenvalue weighted by Gasteiger charge is -2.12. The first-order valence-corrected chi connectivity index (χ1v) is 22.2. The molecule has 0 bridgehead atoms. The Morgan fingerprint density at radius 3 is 1.71 bits per heavy atom. The maximum absolute atomic E-state index is 10.4.